The maximum atomic E-state index is 11.1. The van der Waals surface area contributed by atoms with Crippen LogP contribution in [0.3, 0.4) is 0 Å². The molecule has 1 N–H and O–H groups in total. The van der Waals surface area contributed by atoms with Crippen molar-refractivity contribution >= 4 is 11.9 Å². The molecule has 0 amide bonds. The lowest BCUT2D eigenvalue weighted by atomic mass is 10.1. The summed E-state index contributed by atoms with van der Waals surface area (Å²) in [6, 6.07) is 0. The minimum atomic E-state index is -1.33. The smallest absolute Gasteiger partial charge is 0.303 e. The number of esters is 2. The van der Waals surface area contributed by atoms with Gasteiger partial charge in [-0.05, 0) is 0 Å². The molecule has 1 aliphatic rings. The summed E-state index contributed by atoms with van der Waals surface area (Å²) in [5.41, 5.74) is 0. The second-order valence-electron chi connectivity index (χ2n) is 3.40. The van der Waals surface area contributed by atoms with E-state index in [1.54, 1.807) is 0 Å². The molecular formula is C10H16O7. The largest absolute Gasteiger partial charge is 0.463 e. The molecule has 1 heterocycles. The average molecular weight is 250 g/mol. The molecule has 0 aromatic carbocycles. The number of methoxy groups -OCH3 is 1. The molecule has 7 nitrogen and oxygen atoms in total. The summed E-state index contributed by atoms with van der Waals surface area (Å²) in [5, 5.41) is 9.57. The number of ether oxygens (including phenoxy) is 4. The van der Waals surface area contributed by atoms with Gasteiger partial charge in [0.15, 0.2) is 12.4 Å². The fourth-order valence-corrected chi connectivity index (χ4v) is 1.56. The van der Waals surface area contributed by atoms with E-state index in [0.717, 1.165) is 0 Å². The molecule has 1 aliphatic heterocycles. The number of aliphatic hydroxyl groups excluding tert-OH is 1. The molecule has 17 heavy (non-hydrogen) atoms. The van der Waals surface area contributed by atoms with Crippen molar-refractivity contribution in [1.82, 2.24) is 0 Å². The van der Waals surface area contributed by atoms with Crippen molar-refractivity contribution in [2.75, 3.05) is 13.7 Å². The van der Waals surface area contributed by atoms with Crippen molar-refractivity contribution < 1.29 is 36.4 Å². The highest BCUT2D eigenvalue weighted by atomic mass is 16.7. The van der Waals surface area contributed by atoms with Gasteiger partial charge in [0, 0.05) is 23.7 Å². The van der Waals surface area contributed by atoms with Crippen molar-refractivity contribution in [1.29, 1.82) is 0 Å². The molecule has 0 spiro atoms. The first kappa shape index (κ1) is 10.9. The Morgan fingerprint density at radius 3 is 2.65 bits per heavy atom. The summed E-state index contributed by atoms with van der Waals surface area (Å²) in [5.74, 6) is -1.56. The topological polar surface area (TPSA) is 91.3 Å². The van der Waals surface area contributed by atoms with E-state index in [1.165, 1.54) is 7.11 Å². The SMILES string of the molecule is [2H]CC(=O)OC[C@H]1OC(O)[C@H](OC)[C@@H]1OC(=O)C[2H]. The molecule has 1 fully saturated rings. The third-order valence-corrected chi connectivity index (χ3v) is 2.23. The summed E-state index contributed by atoms with van der Waals surface area (Å²) in [6.45, 7) is -1.40. The number of rotatable bonds is 4. The van der Waals surface area contributed by atoms with Gasteiger partial charge >= 0.3 is 11.9 Å². The fraction of sp³-hybridized carbons (Fsp3) is 0.800. The Hall–Kier alpha value is -1.18. The van der Waals surface area contributed by atoms with Gasteiger partial charge in [-0.15, -0.1) is 0 Å². The van der Waals surface area contributed by atoms with E-state index in [0.29, 0.717) is 0 Å². The third-order valence-electron chi connectivity index (χ3n) is 2.23. The normalized spacial score (nSPS) is 33.8. The molecule has 4 atom stereocenters. The van der Waals surface area contributed by atoms with Crippen molar-refractivity contribution in [3.8, 4) is 0 Å². The van der Waals surface area contributed by atoms with Gasteiger partial charge in [0.2, 0.25) is 0 Å². The molecule has 0 aliphatic carbocycles. The minimum absolute atomic E-state index is 0.273. The van der Waals surface area contributed by atoms with Crippen molar-refractivity contribution in [2.45, 2.75) is 38.4 Å². The van der Waals surface area contributed by atoms with E-state index in [-0.39, 0.29) is 6.61 Å². The first-order valence-electron chi connectivity index (χ1n) is 6.24. The summed E-state index contributed by atoms with van der Waals surface area (Å²) >= 11 is 0. The van der Waals surface area contributed by atoms with Crippen LogP contribution in [0.25, 0.3) is 0 Å². The van der Waals surface area contributed by atoms with E-state index in [1.807, 2.05) is 0 Å². The van der Waals surface area contributed by atoms with Crippen molar-refractivity contribution in [3.63, 3.8) is 0 Å². The maximum absolute atomic E-state index is 11.1. The molecule has 0 aromatic heterocycles. The lowest BCUT2D eigenvalue weighted by Crippen LogP contribution is -2.39. The summed E-state index contributed by atoms with van der Waals surface area (Å²) in [4.78, 5) is 22.0. The average Bonchev–Trinajstić information content (AvgIpc) is 2.71. The number of hydrogen-bond donors (Lipinski definition) is 1. The van der Waals surface area contributed by atoms with Crippen LogP contribution >= 0.6 is 0 Å². The van der Waals surface area contributed by atoms with Gasteiger partial charge in [0.05, 0.1) is 0 Å². The first-order valence-corrected chi connectivity index (χ1v) is 4.83. The van der Waals surface area contributed by atoms with Crippen LogP contribution in [0, 0.1) is 0 Å². The van der Waals surface area contributed by atoms with E-state index >= 15 is 0 Å². The highest BCUT2D eigenvalue weighted by Gasteiger charge is 2.47. The summed E-state index contributed by atoms with van der Waals surface area (Å²) in [7, 11) is 1.30. The Morgan fingerprint density at radius 1 is 1.35 bits per heavy atom. The molecule has 7 heteroatoms. The van der Waals surface area contributed by atoms with E-state index in [4.69, 9.17) is 21.7 Å². The van der Waals surface area contributed by atoms with Gasteiger partial charge in [-0.25, -0.2) is 0 Å². The first-order chi connectivity index (χ1) is 9.03. The van der Waals surface area contributed by atoms with E-state index < -0.39 is 50.3 Å². The zero-order chi connectivity index (χ0) is 14.4. The molecule has 1 rings (SSSR count). The number of aliphatic hydroxyl groups is 1. The molecular weight excluding hydrogens is 232 g/mol. The highest BCUT2D eigenvalue weighted by molar-refractivity contribution is 5.66. The van der Waals surface area contributed by atoms with Crippen LogP contribution in [0.5, 0.6) is 0 Å². The van der Waals surface area contributed by atoms with Gasteiger partial charge in [-0.3, -0.25) is 9.59 Å². The van der Waals surface area contributed by atoms with Crippen LogP contribution in [-0.4, -0.2) is 55.4 Å². The second-order valence-corrected chi connectivity index (χ2v) is 3.40. The van der Waals surface area contributed by atoms with Crippen LogP contribution in [0.2, 0.25) is 0 Å². The number of hydrogen-bond acceptors (Lipinski definition) is 7. The van der Waals surface area contributed by atoms with Gasteiger partial charge in [0.1, 0.15) is 18.8 Å². The van der Waals surface area contributed by atoms with E-state index in [2.05, 4.69) is 0 Å². The quantitative estimate of drug-likeness (QED) is 0.654. The fourth-order valence-electron chi connectivity index (χ4n) is 1.56. The lowest BCUT2D eigenvalue weighted by molar-refractivity contribution is -0.159. The molecule has 0 saturated carbocycles. The van der Waals surface area contributed by atoms with Crippen LogP contribution in [0.4, 0.5) is 0 Å². The molecule has 0 radical (unpaired) electrons. The predicted octanol–water partition coefficient (Wildman–Crippen LogP) is -0.787. The number of carbonyl (C=O) groups excluding carboxylic acids is 2. The lowest BCUT2D eigenvalue weighted by Gasteiger charge is -2.21. The standard InChI is InChI=1S/C10H16O7/c1-5(11)15-4-7-8(16-6(2)12)9(14-3)10(13)17-7/h7-10,13H,4H2,1-3H3/t7-,8-,9-,10?/m1/s1/i1D,2D. The molecule has 1 unspecified atom stereocenters. The molecule has 0 bridgehead atoms. The van der Waals surface area contributed by atoms with Gasteiger partial charge in [-0.2, -0.15) is 0 Å². The van der Waals surface area contributed by atoms with Gasteiger partial charge in [0.25, 0.3) is 0 Å². The predicted molar refractivity (Wildman–Crippen MR) is 53.9 cm³/mol. The Bertz CT molecular complexity index is 325. The van der Waals surface area contributed by atoms with Crippen molar-refractivity contribution in [3.05, 3.63) is 0 Å². The molecule has 0 aromatic rings. The Labute approximate surface area is 101 Å². The maximum Gasteiger partial charge on any atom is 0.303 e. The highest BCUT2D eigenvalue weighted by Crippen LogP contribution is 2.25. The summed E-state index contributed by atoms with van der Waals surface area (Å²) < 4.78 is 33.3. The zero-order valence-corrected chi connectivity index (χ0v) is 9.33. The number of carbonyl (C=O) groups is 2. The Morgan fingerprint density at radius 2 is 2.06 bits per heavy atom. The third kappa shape index (κ3) is 3.65. The Balaban J connectivity index is 2.65. The van der Waals surface area contributed by atoms with Crippen LogP contribution in [-0.2, 0) is 28.5 Å². The van der Waals surface area contributed by atoms with Gasteiger partial charge < -0.3 is 24.1 Å². The van der Waals surface area contributed by atoms with Crippen LogP contribution < -0.4 is 0 Å². The van der Waals surface area contributed by atoms with Crippen LogP contribution in [0.1, 0.15) is 16.5 Å². The van der Waals surface area contributed by atoms with Crippen LogP contribution in [0.15, 0.2) is 0 Å². The minimum Gasteiger partial charge on any atom is -0.463 e. The summed E-state index contributed by atoms with van der Waals surface area (Å²) in [6.07, 6.45) is -4.12. The Kier molecular flexibility index (Phi) is 3.83. The second kappa shape index (κ2) is 5.95. The molecule has 1 saturated heterocycles. The molecule has 98 valence electrons. The van der Waals surface area contributed by atoms with Crippen molar-refractivity contribution in [2.24, 2.45) is 0 Å². The zero-order valence-electron chi connectivity index (χ0n) is 11.3. The van der Waals surface area contributed by atoms with E-state index in [9.17, 15) is 14.7 Å². The van der Waals surface area contributed by atoms with Gasteiger partial charge in [-0.1, -0.05) is 0 Å². The monoisotopic (exact) mass is 250 g/mol.